The second-order valence-electron chi connectivity index (χ2n) is 4.91. The van der Waals surface area contributed by atoms with Crippen LogP contribution in [0.1, 0.15) is 20.8 Å². The first kappa shape index (κ1) is 18.1. The summed E-state index contributed by atoms with van der Waals surface area (Å²) in [5, 5.41) is 0. The van der Waals surface area contributed by atoms with Gasteiger partial charge in [0, 0.05) is 5.88 Å². The van der Waals surface area contributed by atoms with Gasteiger partial charge in [-0.25, -0.2) is 0 Å². The fraction of sp³-hybridized carbons (Fsp3) is 0.571. The zero-order valence-electron chi connectivity index (χ0n) is 12.3. The van der Waals surface area contributed by atoms with Crippen molar-refractivity contribution in [2.45, 2.75) is 26.8 Å². The molecule has 0 rings (SSSR count). The molecule has 0 fully saturated rings. The number of allylic oxidation sites excluding steroid dienone is 3. The van der Waals surface area contributed by atoms with Gasteiger partial charge in [-0.05, 0) is 26.8 Å². The molecule has 110 valence electrons. The van der Waals surface area contributed by atoms with E-state index in [0.29, 0.717) is 41.8 Å². The van der Waals surface area contributed by atoms with Crippen molar-refractivity contribution in [1.29, 1.82) is 0 Å². The van der Waals surface area contributed by atoms with E-state index in [2.05, 4.69) is 19.7 Å². The first-order valence-electron chi connectivity index (χ1n) is 6.22. The lowest BCUT2D eigenvalue weighted by molar-refractivity contribution is 0.207. The van der Waals surface area contributed by atoms with E-state index in [1.54, 1.807) is 0 Å². The van der Waals surface area contributed by atoms with E-state index in [1.807, 2.05) is 20.8 Å². The average Bonchev–Trinajstić information content (AvgIpc) is 2.31. The lowest BCUT2D eigenvalue weighted by Gasteiger charge is -2.30. The van der Waals surface area contributed by atoms with Crippen molar-refractivity contribution < 1.29 is 14.2 Å². The van der Waals surface area contributed by atoms with Crippen molar-refractivity contribution >= 4 is 19.7 Å². The maximum atomic E-state index is 5.93. The summed E-state index contributed by atoms with van der Waals surface area (Å²) < 4.78 is 16.8. The van der Waals surface area contributed by atoms with Gasteiger partial charge in [-0.1, -0.05) is 19.7 Å². The summed E-state index contributed by atoms with van der Waals surface area (Å²) in [4.78, 5) is 0. The Morgan fingerprint density at radius 3 is 1.37 bits per heavy atom. The monoisotopic (exact) mass is 304 g/mol. The zero-order valence-corrected chi connectivity index (χ0v) is 14.0. The Labute approximate surface area is 122 Å². The Hall–Kier alpha value is -0.873. The van der Waals surface area contributed by atoms with Crippen molar-refractivity contribution in [3.63, 3.8) is 0 Å². The van der Waals surface area contributed by atoms with E-state index in [1.165, 1.54) is 0 Å². The third-order valence-electron chi connectivity index (χ3n) is 2.50. The summed E-state index contributed by atoms with van der Waals surface area (Å²) in [5.41, 5.74) is 0. The molecule has 0 atom stereocenters. The predicted octanol–water partition coefficient (Wildman–Crippen LogP) is 3.94. The quantitative estimate of drug-likeness (QED) is 0.329. The maximum Gasteiger partial charge on any atom is 0.184 e. The van der Waals surface area contributed by atoms with E-state index in [4.69, 9.17) is 25.8 Å². The van der Waals surface area contributed by atoms with Crippen LogP contribution in [0.15, 0.2) is 37.0 Å². The minimum absolute atomic E-state index is 0.560. The molecule has 0 aromatic heterocycles. The largest absolute Gasteiger partial charge is 0.502 e. The third-order valence-corrected chi connectivity index (χ3v) is 6.59. The molecule has 19 heavy (non-hydrogen) atoms. The number of ether oxygens (including phenoxy) is 3. The third kappa shape index (κ3) is 8.78. The van der Waals surface area contributed by atoms with Crippen LogP contribution in [-0.2, 0) is 14.2 Å². The summed E-state index contributed by atoms with van der Waals surface area (Å²) in [7, 11) is -1.96. The van der Waals surface area contributed by atoms with Gasteiger partial charge in [0.2, 0.25) is 0 Å². The number of halogens is 1. The standard InChI is InChI=1S/C14H25ClO3Si/c1-12(2)16-9-19(8-7-15,10-17-13(3)4)11-18-14(5)6/h1,3,5,7-11H2,2,4,6H3. The molecule has 0 aromatic carbocycles. The maximum absolute atomic E-state index is 5.93. The van der Waals surface area contributed by atoms with Crippen LogP contribution in [0.4, 0.5) is 0 Å². The number of rotatable bonds is 11. The van der Waals surface area contributed by atoms with Crippen molar-refractivity contribution in [2.75, 3.05) is 24.6 Å². The van der Waals surface area contributed by atoms with Gasteiger partial charge in [0.25, 0.3) is 0 Å². The molecule has 0 unspecified atom stereocenters. The van der Waals surface area contributed by atoms with Crippen LogP contribution in [-0.4, -0.2) is 32.6 Å². The SMILES string of the molecule is C=C(C)OC[Si](CCCl)(COC(=C)C)COC(=C)C. The van der Waals surface area contributed by atoms with Crippen LogP contribution in [0.3, 0.4) is 0 Å². The summed E-state index contributed by atoms with van der Waals surface area (Å²) in [6.45, 7) is 16.8. The second-order valence-corrected chi connectivity index (χ2v) is 9.66. The average molecular weight is 305 g/mol. The highest BCUT2D eigenvalue weighted by Gasteiger charge is 2.36. The molecule has 0 aliphatic rings. The van der Waals surface area contributed by atoms with Crippen LogP contribution in [0.5, 0.6) is 0 Å². The molecule has 0 spiro atoms. The van der Waals surface area contributed by atoms with Crippen molar-refractivity contribution in [1.82, 2.24) is 0 Å². The number of alkyl halides is 1. The molecule has 0 amide bonds. The number of hydrogen-bond donors (Lipinski definition) is 0. The highest BCUT2D eigenvalue weighted by atomic mass is 35.5. The van der Waals surface area contributed by atoms with Crippen LogP contribution in [0.2, 0.25) is 6.04 Å². The van der Waals surface area contributed by atoms with Crippen molar-refractivity contribution in [2.24, 2.45) is 0 Å². The summed E-state index contributed by atoms with van der Waals surface area (Å²) >= 11 is 5.93. The second kappa shape index (κ2) is 9.10. The Bertz CT molecular complexity index is 283. The Morgan fingerprint density at radius 2 is 1.16 bits per heavy atom. The van der Waals surface area contributed by atoms with E-state index in [9.17, 15) is 0 Å². The lowest BCUT2D eigenvalue weighted by Crippen LogP contribution is -2.50. The Morgan fingerprint density at radius 1 is 0.842 bits per heavy atom. The van der Waals surface area contributed by atoms with Gasteiger partial charge >= 0.3 is 0 Å². The van der Waals surface area contributed by atoms with Gasteiger partial charge in [0.05, 0.1) is 36.0 Å². The smallest absolute Gasteiger partial charge is 0.184 e. The minimum Gasteiger partial charge on any atom is -0.502 e. The topological polar surface area (TPSA) is 27.7 Å². The molecule has 0 aromatic rings. The molecule has 0 aliphatic heterocycles. The molecule has 0 radical (unpaired) electrons. The number of hydrogen-bond acceptors (Lipinski definition) is 3. The van der Waals surface area contributed by atoms with Crippen molar-refractivity contribution in [3.8, 4) is 0 Å². The first-order valence-corrected chi connectivity index (χ1v) is 9.58. The molecule has 0 heterocycles. The molecule has 3 nitrogen and oxygen atoms in total. The van der Waals surface area contributed by atoms with E-state index in [0.717, 1.165) is 6.04 Å². The highest BCUT2D eigenvalue weighted by Crippen LogP contribution is 2.17. The summed E-state index contributed by atoms with van der Waals surface area (Å²) in [6.07, 6.45) is 1.74. The van der Waals surface area contributed by atoms with E-state index < -0.39 is 8.07 Å². The fourth-order valence-electron chi connectivity index (χ4n) is 1.37. The predicted molar refractivity (Wildman–Crippen MR) is 83.6 cm³/mol. The van der Waals surface area contributed by atoms with E-state index >= 15 is 0 Å². The Kier molecular flexibility index (Phi) is 8.68. The van der Waals surface area contributed by atoms with Gasteiger partial charge < -0.3 is 14.2 Å². The molecular weight excluding hydrogens is 280 g/mol. The van der Waals surface area contributed by atoms with E-state index in [-0.39, 0.29) is 0 Å². The molecule has 0 aliphatic carbocycles. The molecule has 0 N–H and O–H groups in total. The van der Waals surface area contributed by atoms with Crippen molar-refractivity contribution in [3.05, 3.63) is 37.0 Å². The highest BCUT2D eigenvalue weighted by molar-refractivity contribution is 6.80. The minimum atomic E-state index is -1.96. The Balaban J connectivity index is 4.79. The molecule has 0 bridgehead atoms. The van der Waals surface area contributed by atoms with Gasteiger partial charge in [-0.15, -0.1) is 11.6 Å². The summed E-state index contributed by atoms with van der Waals surface area (Å²) in [6, 6.07) is 0.850. The van der Waals surface area contributed by atoms with Gasteiger partial charge in [0.15, 0.2) is 8.07 Å². The molecular formula is C14H25ClO3Si. The summed E-state index contributed by atoms with van der Waals surface area (Å²) in [5.74, 6) is 2.64. The van der Waals surface area contributed by atoms with Gasteiger partial charge in [-0.3, -0.25) is 0 Å². The van der Waals surface area contributed by atoms with Crippen LogP contribution >= 0.6 is 11.6 Å². The normalized spacial score (nSPS) is 10.7. The van der Waals surface area contributed by atoms with Crippen LogP contribution < -0.4 is 0 Å². The fourth-order valence-corrected chi connectivity index (χ4v) is 5.32. The molecule has 0 saturated carbocycles. The lowest BCUT2D eigenvalue weighted by atomic mass is 10.7. The van der Waals surface area contributed by atoms with Gasteiger partial charge in [0.1, 0.15) is 0 Å². The van der Waals surface area contributed by atoms with Crippen LogP contribution in [0, 0.1) is 0 Å². The zero-order chi connectivity index (χ0) is 14.9. The first-order chi connectivity index (χ1) is 8.81. The molecule has 5 heteroatoms. The van der Waals surface area contributed by atoms with Crippen LogP contribution in [0.25, 0.3) is 0 Å². The molecule has 0 saturated heterocycles. The van der Waals surface area contributed by atoms with Gasteiger partial charge in [-0.2, -0.15) is 0 Å².